The molecule has 1 heterocycles. The Morgan fingerprint density at radius 3 is 2.85 bits per heavy atom. The van der Waals surface area contributed by atoms with E-state index in [0.717, 1.165) is 33.2 Å². The summed E-state index contributed by atoms with van der Waals surface area (Å²) in [5.41, 5.74) is 3.41. The zero-order chi connectivity index (χ0) is 13.9. The normalized spacial score (nSPS) is 10.7. The maximum Gasteiger partial charge on any atom is 0.188 e. The second-order valence-electron chi connectivity index (χ2n) is 4.49. The minimum absolute atomic E-state index is 0.863. The highest BCUT2D eigenvalue weighted by Crippen LogP contribution is 2.31. The van der Waals surface area contributed by atoms with Crippen molar-refractivity contribution in [2.75, 3.05) is 12.4 Å². The third-order valence-electron chi connectivity index (χ3n) is 3.24. The van der Waals surface area contributed by atoms with Crippen LogP contribution in [-0.2, 0) is 6.42 Å². The van der Waals surface area contributed by atoms with E-state index in [4.69, 9.17) is 4.74 Å². The quantitative estimate of drug-likeness (QED) is 0.759. The first kappa shape index (κ1) is 12.9. The summed E-state index contributed by atoms with van der Waals surface area (Å²) in [5.74, 6) is 0.863. The lowest BCUT2D eigenvalue weighted by Crippen LogP contribution is -1.93. The van der Waals surface area contributed by atoms with Gasteiger partial charge in [0.15, 0.2) is 5.13 Å². The summed E-state index contributed by atoms with van der Waals surface area (Å²) >= 11 is 1.64. The zero-order valence-corrected chi connectivity index (χ0v) is 12.3. The van der Waals surface area contributed by atoms with E-state index < -0.39 is 0 Å². The van der Waals surface area contributed by atoms with Gasteiger partial charge in [-0.15, -0.1) is 0 Å². The van der Waals surface area contributed by atoms with Gasteiger partial charge in [-0.3, -0.25) is 0 Å². The molecular formula is C16H16N2OS. The van der Waals surface area contributed by atoms with Crippen LogP contribution in [0.5, 0.6) is 5.75 Å². The summed E-state index contributed by atoms with van der Waals surface area (Å²) in [4.78, 5) is 4.61. The third kappa shape index (κ3) is 2.47. The lowest BCUT2D eigenvalue weighted by atomic mass is 10.1. The Labute approximate surface area is 122 Å². The number of rotatable bonds is 4. The van der Waals surface area contributed by atoms with Crippen molar-refractivity contribution in [3.05, 3.63) is 48.0 Å². The standard InChI is InChI=1S/C16H16N2OS/c1-3-11-6-4-5-7-13(11)17-16-18-14-9-8-12(19-2)10-15(14)20-16/h4-10H,3H2,1-2H3,(H,17,18). The van der Waals surface area contributed by atoms with E-state index in [1.807, 2.05) is 24.3 Å². The van der Waals surface area contributed by atoms with E-state index in [-0.39, 0.29) is 0 Å². The first-order chi connectivity index (χ1) is 9.80. The zero-order valence-electron chi connectivity index (χ0n) is 11.5. The highest BCUT2D eigenvalue weighted by atomic mass is 32.1. The van der Waals surface area contributed by atoms with Crippen LogP contribution in [0.1, 0.15) is 12.5 Å². The van der Waals surface area contributed by atoms with Gasteiger partial charge in [0.1, 0.15) is 5.75 Å². The van der Waals surface area contributed by atoms with E-state index in [1.165, 1.54) is 5.56 Å². The van der Waals surface area contributed by atoms with Gasteiger partial charge in [-0.1, -0.05) is 36.5 Å². The van der Waals surface area contributed by atoms with E-state index in [1.54, 1.807) is 18.4 Å². The van der Waals surface area contributed by atoms with Crippen LogP contribution in [0.3, 0.4) is 0 Å². The Bertz CT molecular complexity index is 736. The summed E-state index contributed by atoms with van der Waals surface area (Å²) in [7, 11) is 1.68. The molecule has 0 aliphatic heterocycles. The highest BCUT2D eigenvalue weighted by Gasteiger charge is 2.07. The Kier molecular flexibility index (Phi) is 3.56. The fraction of sp³-hybridized carbons (Fsp3) is 0.188. The van der Waals surface area contributed by atoms with Crippen molar-refractivity contribution < 1.29 is 4.74 Å². The molecule has 0 saturated carbocycles. The smallest absolute Gasteiger partial charge is 0.188 e. The Morgan fingerprint density at radius 2 is 2.05 bits per heavy atom. The van der Waals surface area contributed by atoms with Gasteiger partial charge >= 0.3 is 0 Å². The fourth-order valence-corrected chi connectivity index (χ4v) is 3.06. The minimum Gasteiger partial charge on any atom is -0.497 e. The second kappa shape index (κ2) is 5.51. The lowest BCUT2D eigenvalue weighted by Gasteiger charge is -2.07. The molecule has 3 rings (SSSR count). The van der Waals surface area contributed by atoms with Crippen LogP contribution in [-0.4, -0.2) is 12.1 Å². The molecule has 0 radical (unpaired) electrons. The van der Waals surface area contributed by atoms with E-state index in [9.17, 15) is 0 Å². The molecule has 0 aliphatic carbocycles. The number of hydrogen-bond acceptors (Lipinski definition) is 4. The van der Waals surface area contributed by atoms with Crippen LogP contribution in [0.2, 0.25) is 0 Å². The third-order valence-corrected chi connectivity index (χ3v) is 4.17. The Balaban J connectivity index is 1.94. The molecular weight excluding hydrogens is 268 g/mol. The van der Waals surface area contributed by atoms with Crippen LogP contribution in [0, 0.1) is 0 Å². The van der Waals surface area contributed by atoms with Crippen molar-refractivity contribution >= 4 is 32.4 Å². The molecule has 3 nitrogen and oxygen atoms in total. The van der Waals surface area contributed by atoms with Gasteiger partial charge in [0, 0.05) is 5.69 Å². The number of para-hydroxylation sites is 1. The lowest BCUT2D eigenvalue weighted by molar-refractivity contribution is 0.415. The molecule has 0 aliphatic rings. The molecule has 4 heteroatoms. The maximum atomic E-state index is 5.24. The number of fused-ring (bicyclic) bond motifs is 1. The monoisotopic (exact) mass is 284 g/mol. The van der Waals surface area contributed by atoms with Gasteiger partial charge in [0.2, 0.25) is 0 Å². The number of hydrogen-bond donors (Lipinski definition) is 1. The van der Waals surface area contributed by atoms with Crippen LogP contribution in [0.25, 0.3) is 10.2 Å². The molecule has 1 aromatic heterocycles. The van der Waals surface area contributed by atoms with Crippen molar-refractivity contribution in [1.82, 2.24) is 4.98 Å². The van der Waals surface area contributed by atoms with Gasteiger partial charge in [-0.25, -0.2) is 4.98 Å². The molecule has 0 amide bonds. The predicted octanol–water partition coefficient (Wildman–Crippen LogP) is 4.61. The topological polar surface area (TPSA) is 34.2 Å². The molecule has 0 saturated heterocycles. The fourth-order valence-electron chi connectivity index (χ4n) is 2.15. The van der Waals surface area contributed by atoms with Gasteiger partial charge in [-0.05, 0) is 36.2 Å². The molecule has 3 aromatic rings. The van der Waals surface area contributed by atoms with Gasteiger partial charge in [0.05, 0.1) is 17.3 Å². The van der Waals surface area contributed by atoms with Crippen molar-refractivity contribution in [1.29, 1.82) is 0 Å². The number of benzene rings is 2. The van der Waals surface area contributed by atoms with Crippen LogP contribution in [0.4, 0.5) is 10.8 Å². The highest BCUT2D eigenvalue weighted by molar-refractivity contribution is 7.22. The second-order valence-corrected chi connectivity index (χ2v) is 5.52. The first-order valence-corrected chi connectivity index (χ1v) is 7.41. The van der Waals surface area contributed by atoms with Gasteiger partial charge < -0.3 is 10.1 Å². The maximum absolute atomic E-state index is 5.24. The number of methoxy groups -OCH3 is 1. The summed E-state index contributed by atoms with van der Waals surface area (Å²) in [6.07, 6.45) is 1.00. The average molecular weight is 284 g/mol. The van der Waals surface area contributed by atoms with Gasteiger partial charge in [0.25, 0.3) is 0 Å². The molecule has 0 unspecified atom stereocenters. The van der Waals surface area contributed by atoms with Gasteiger partial charge in [-0.2, -0.15) is 0 Å². The molecule has 102 valence electrons. The molecule has 0 atom stereocenters. The number of anilines is 2. The molecule has 0 bridgehead atoms. The molecule has 2 aromatic carbocycles. The van der Waals surface area contributed by atoms with Crippen molar-refractivity contribution in [2.24, 2.45) is 0 Å². The van der Waals surface area contributed by atoms with Crippen molar-refractivity contribution in [2.45, 2.75) is 13.3 Å². The van der Waals surface area contributed by atoms with Crippen LogP contribution < -0.4 is 10.1 Å². The summed E-state index contributed by atoms with van der Waals surface area (Å²) in [5, 5.41) is 4.33. The average Bonchev–Trinajstić information content (AvgIpc) is 2.89. The van der Waals surface area contributed by atoms with Crippen molar-refractivity contribution in [3.63, 3.8) is 0 Å². The summed E-state index contributed by atoms with van der Waals surface area (Å²) in [6.45, 7) is 2.16. The van der Waals surface area contributed by atoms with Crippen LogP contribution >= 0.6 is 11.3 Å². The number of nitrogens with zero attached hydrogens (tertiary/aromatic N) is 1. The van der Waals surface area contributed by atoms with E-state index in [2.05, 4.69) is 35.4 Å². The Hall–Kier alpha value is -2.07. The van der Waals surface area contributed by atoms with E-state index in [0.29, 0.717) is 0 Å². The number of nitrogens with one attached hydrogen (secondary N) is 1. The Morgan fingerprint density at radius 1 is 1.20 bits per heavy atom. The predicted molar refractivity (Wildman–Crippen MR) is 85.3 cm³/mol. The van der Waals surface area contributed by atoms with Crippen molar-refractivity contribution in [3.8, 4) is 5.75 Å². The van der Waals surface area contributed by atoms with Crippen LogP contribution in [0.15, 0.2) is 42.5 Å². The SMILES string of the molecule is CCc1ccccc1Nc1nc2ccc(OC)cc2s1. The largest absolute Gasteiger partial charge is 0.497 e. The number of aromatic nitrogens is 1. The summed E-state index contributed by atoms with van der Waals surface area (Å²) in [6, 6.07) is 14.3. The first-order valence-electron chi connectivity index (χ1n) is 6.59. The van der Waals surface area contributed by atoms with E-state index >= 15 is 0 Å². The minimum atomic E-state index is 0.863. The number of ether oxygens (including phenoxy) is 1. The summed E-state index contributed by atoms with van der Waals surface area (Å²) < 4.78 is 6.37. The molecule has 0 fully saturated rings. The molecule has 0 spiro atoms. The number of thiazole rings is 1. The molecule has 1 N–H and O–H groups in total. The molecule has 20 heavy (non-hydrogen) atoms. The number of aryl methyl sites for hydroxylation is 1.